The van der Waals surface area contributed by atoms with Crippen LogP contribution in [0.25, 0.3) is 0 Å². The highest BCUT2D eigenvalue weighted by Crippen LogP contribution is 2.10. The Morgan fingerprint density at radius 3 is 2.24 bits per heavy atom. The third-order valence-electron chi connectivity index (χ3n) is 2.02. The van der Waals surface area contributed by atoms with Crippen molar-refractivity contribution in [1.29, 1.82) is 0 Å². The van der Waals surface area contributed by atoms with Gasteiger partial charge in [-0.1, -0.05) is 13.0 Å². The molecule has 0 rings (SSSR count). The van der Waals surface area contributed by atoms with Crippen molar-refractivity contribution in [2.75, 3.05) is 7.11 Å². The third kappa shape index (κ3) is 5.94. The highest BCUT2D eigenvalue weighted by atomic mass is 16.6. The summed E-state index contributed by atoms with van der Waals surface area (Å²) in [6, 6.07) is -0.785. The van der Waals surface area contributed by atoms with Crippen molar-refractivity contribution in [2.45, 2.75) is 39.3 Å². The molecule has 0 saturated carbocycles. The molecular weight excluding hydrogens is 222 g/mol. The molecule has 0 saturated heterocycles. The molecule has 5 heteroatoms. The van der Waals surface area contributed by atoms with Gasteiger partial charge in [0, 0.05) is 5.92 Å². The Morgan fingerprint density at radius 1 is 1.35 bits per heavy atom. The van der Waals surface area contributed by atoms with Gasteiger partial charge in [-0.15, -0.1) is 6.58 Å². The summed E-state index contributed by atoms with van der Waals surface area (Å²) in [6.07, 6.45) is 0.917. The van der Waals surface area contributed by atoms with Gasteiger partial charge in [0.15, 0.2) is 0 Å². The van der Waals surface area contributed by atoms with Crippen LogP contribution >= 0.6 is 0 Å². The second kappa shape index (κ2) is 6.27. The Hall–Kier alpha value is -1.52. The average Bonchev–Trinajstić information content (AvgIpc) is 2.21. The van der Waals surface area contributed by atoms with Gasteiger partial charge in [0.2, 0.25) is 0 Å². The number of alkyl carbamates (subject to hydrolysis) is 1. The number of ether oxygens (including phenoxy) is 2. The van der Waals surface area contributed by atoms with Gasteiger partial charge in [0.05, 0.1) is 7.11 Å². The smallest absolute Gasteiger partial charge is 0.408 e. The van der Waals surface area contributed by atoms with Gasteiger partial charge in [0.1, 0.15) is 11.6 Å². The topological polar surface area (TPSA) is 64.6 Å². The molecule has 0 aromatic carbocycles. The zero-order chi connectivity index (χ0) is 13.6. The SMILES string of the molecule is C=C[C@@H](C)[C@H](NC(=O)OC(C)(C)C)C(=O)OC. The maximum atomic E-state index is 11.5. The second-order valence-corrected chi connectivity index (χ2v) is 4.74. The highest BCUT2D eigenvalue weighted by molar-refractivity contribution is 5.81. The summed E-state index contributed by atoms with van der Waals surface area (Å²) in [7, 11) is 1.27. The molecule has 17 heavy (non-hydrogen) atoms. The minimum absolute atomic E-state index is 0.241. The summed E-state index contributed by atoms with van der Waals surface area (Å²) in [5.74, 6) is -0.766. The van der Waals surface area contributed by atoms with Gasteiger partial charge < -0.3 is 14.8 Å². The van der Waals surface area contributed by atoms with E-state index in [-0.39, 0.29) is 5.92 Å². The Morgan fingerprint density at radius 2 is 1.88 bits per heavy atom. The van der Waals surface area contributed by atoms with Gasteiger partial charge in [-0.05, 0) is 20.8 Å². The zero-order valence-electron chi connectivity index (χ0n) is 11.1. The predicted octanol–water partition coefficient (Wildman–Crippen LogP) is 1.87. The zero-order valence-corrected chi connectivity index (χ0v) is 11.1. The minimum atomic E-state index is -0.785. The lowest BCUT2D eigenvalue weighted by Gasteiger charge is -2.24. The van der Waals surface area contributed by atoms with E-state index in [1.54, 1.807) is 33.8 Å². The van der Waals surface area contributed by atoms with Crippen molar-refractivity contribution in [1.82, 2.24) is 5.32 Å². The first-order valence-corrected chi connectivity index (χ1v) is 5.41. The first kappa shape index (κ1) is 15.5. The summed E-state index contributed by atoms with van der Waals surface area (Å²) in [4.78, 5) is 23.0. The van der Waals surface area contributed by atoms with E-state index in [9.17, 15) is 9.59 Å². The number of amides is 1. The molecule has 0 fully saturated rings. The molecule has 1 amide bonds. The first-order chi connectivity index (χ1) is 7.71. The highest BCUT2D eigenvalue weighted by Gasteiger charge is 2.28. The summed E-state index contributed by atoms with van der Waals surface area (Å²) in [5.41, 5.74) is -0.609. The normalized spacial score (nSPS) is 14.4. The second-order valence-electron chi connectivity index (χ2n) is 4.74. The Balaban J connectivity index is 4.60. The van der Waals surface area contributed by atoms with E-state index in [4.69, 9.17) is 4.74 Å². The van der Waals surface area contributed by atoms with Gasteiger partial charge in [0.25, 0.3) is 0 Å². The molecule has 0 unspecified atom stereocenters. The van der Waals surface area contributed by atoms with Crippen LogP contribution in [-0.2, 0) is 14.3 Å². The number of carbonyl (C=O) groups is 2. The van der Waals surface area contributed by atoms with Gasteiger partial charge >= 0.3 is 12.1 Å². The third-order valence-corrected chi connectivity index (χ3v) is 2.02. The van der Waals surface area contributed by atoms with Crippen LogP contribution in [0, 0.1) is 5.92 Å². The molecule has 0 aromatic rings. The number of rotatable bonds is 4. The summed E-state index contributed by atoms with van der Waals surface area (Å²) in [5, 5.41) is 2.47. The van der Waals surface area contributed by atoms with E-state index in [2.05, 4.69) is 16.6 Å². The maximum absolute atomic E-state index is 11.5. The number of methoxy groups -OCH3 is 1. The molecule has 0 aliphatic heterocycles. The van der Waals surface area contributed by atoms with Crippen molar-refractivity contribution in [3.63, 3.8) is 0 Å². The molecule has 0 radical (unpaired) electrons. The summed E-state index contributed by atoms with van der Waals surface area (Å²) in [6.45, 7) is 10.6. The molecule has 1 N–H and O–H groups in total. The number of nitrogens with one attached hydrogen (secondary N) is 1. The fourth-order valence-electron chi connectivity index (χ4n) is 1.10. The van der Waals surface area contributed by atoms with Crippen LogP contribution in [-0.4, -0.2) is 30.8 Å². The predicted molar refractivity (Wildman–Crippen MR) is 64.5 cm³/mol. The number of hydrogen-bond donors (Lipinski definition) is 1. The van der Waals surface area contributed by atoms with Crippen LogP contribution < -0.4 is 5.32 Å². The average molecular weight is 243 g/mol. The van der Waals surface area contributed by atoms with E-state index in [0.717, 1.165) is 0 Å². The molecule has 2 atom stereocenters. The standard InChI is InChI=1S/C12H21NO4/c1-7-8(2)9(10(14)16-6)13-11(15)17-12(3,4)5/h7-9H,1H2,2-6H3,(H,13,15)/t8-,9+/m1/s1. The van der Waals surface area contributed by atoms with Crippen molar-refractivity contribution in [3.8, 4) is 0 Å². The molecule has 0 spiro atoms. The van der Waals surface area contributed by atoms with E-state index < -0.39 is 23.7 Å². The maximum Gasteiger partial charge on any atom is 0.408 e. The quantitative estimate of drug-likeness (QED) is 0.604. The Bertz CT molecular complexity index is 293. The van der Waals surface area contributed by atoms with Crippen molar-refractivity contribution < 1.29 is 19.1 Å². The van der Waals surface area contributed by atoms with Crippen LogP contribution in [0.4, 0.5) is 4.79 Å². The lowest BCUT2D eigenvalue weighted by atomic mass is 10.0. The van der Waals surface area contributed by atoms with E-state index >= 15 is 0 Å². The van der Waals surface area contributed by atoms with Crippen molar-refractivity contribution in [2.24, 2.45) is 5.92 Å². The van der Waals surface area contributed by atoms with Gasteiger partial charge in [-0.2, -0.15) is 0 Å². The van der Waals surface area contributed by atoms with Crippen LogP contribution in [0.3, 0.4) is 0 Å². The largest absolute Gasteiger partial charge is 0.467 e. The molecule has 0 aliphatic carbocycles. The molecule has 0 bridgehead atoms. The molecule has 0 heterocycles. The number of esters is 1. The summed E-state index contributed by atoms with van der Waals surface area (Å²) >= 11 is 0. The molecule has 5 nitrogen and oxygen atoms in total. The van der Waals surface area contributed by atoms with Crippen molar-refractivity contribution >= 4 is 12.1 Å². The van der Waals surface area contributed by atoms with Crippen LogP contribution in [0.2, 0.25) is 0 Å². The van der Waals surface area contributed by atoms with Gasteiger partial charge in [-0.25, -0.2) is 9.59 Å². The molecule has 98 valence electrons. The number of carbonyl (C=O) groups excluding carboxylic acids is 2. The first-order valence-electron chi connectivity index (χ1n) is 5.41. The van der Waals surface area contributed by atoms with Crippen molar-refractivity contribution in [3.05, 3.63) is 12.7 Å². The lowest BCUT2D eigenvalue weighted by Crippen LogP contribution is -2.47. The number of hydrogen-bond acceptors (Lipinski definition) is 4. The van der Waals surface area contributed by atoms with Gasteiger partial charge in [-0.3, -0.25) is 0 Å². The molecule has 0 aromatic heterocycles. The summed E-state index contributed by atoms with van der Waals surface area (Å²) < 4.78 is 9.67. The Labute approximate surface area is 102 Å². The molecule has 0 aliphatic rings. The Kier molecular flexibility index (Phi) is 5.71. The lowest BCUT2D eigenvalue weighted by molar-refractivity contribution is -0.144. The van der Waals surface area contributed by atoms with E-state index in [0.29, 0.717) is 0 Å². The van der Waals surface area contributed by atoms with Crippen LogP contribution in [0.5, 0.6) is 0 Å². The van der Waals surface area contributed by atoms with E-state index in [1.165, 1.54) is 7.11 Å². The molecular formula is C12H21NO4. The minimum Gasteiger partial charge on any atom is -0.467 e. The van der Waals surface area contributed by atoms with Crippen LogP contribution in [0.15, 0.2) is 12.7 Å². The van der Waals surface area contributed by atoms with Crippen LogP contribution in [0.1, 0.15) is 27.7 Å². The fraction of sp³-hybridized carbons (Fsp3) is 0.667. The van der Waals surface area contributed by atoms with E-state index in [1.807, 2.05) is 0 Å². The monoisotopic (exact) mass is 243 g/mol. The fourth-order valence-corrected chi connectivity index (χ4v) is 1.10.